The highest BCUT2D eigenvalue weighted by Gasteiger charge is 2.06. The quantitative estimate of drug-likeness (QED) is 0.804. The van der Waals surface area contributed by atoms with Crippen LogP contribution in [0.3, 0.4) is 0 Å². The molecule has 0 unspecified atom stereocenters. The third kappa shape index (κ3) is 3.20. The molecular formula is C12H21N3. The summed E-state index contributed by atoms with van der Waals surface area (Å²) in [6.07, 6.45) is 1.14. The Bertz CT molecular complexity index is 310. The van der Waals surface area contributed by atoms with Crippen LogP contribution in [0.1, 0.15) is 31.5 Å². The van der Waals surface area contributed by atoms with Crippen LogP contribution in [0.25, 0.3) is 0 Å². The molecule has 2 N–H and O–H groups in total. The van der Waals surface area contributed by atoms with Gasteiger partial charge in [-0.1, -0.05) is 6.92 Å². The topological polar surface area (TPSA) is 42.1 Å². The van der Waals surface area contributed by atoms with Crippen molar-refractivity contribution in [3.8, 4) is 0 Å². The Morgan fingerprint density at radius 3 is 2.60 bits per heavy atom. The monoisotopic (exact) mass is 207 g/mol. The van der Waals surface area contributed by atoms with E-state index in [0.29, 0.717) is 6.54 Å². The standard InChI is InChI=1S/C12H21N3/c1-4-6-15(5-2)12-8-11(9-13)7-10(3)14-12/h7-8H,4-6,9,13H2,1-3H3. The molecule has 0 spiro atoms. The Labute approximate surface area is 92.3 Å². The van der Waals surface area contributed by atoms with Gasteiger partial charge >= 0.3 is 0 Å². The van der Waals surface area contributed by atoms with Crippen molar-refractivity contribution in [1.29, 1.82) is 0 Å². The van der Waals surface area contributed by atoms with Crippen molar-refractivity contribution in [2.75, 3.05) is 18.0 Å². The molecule has 0 fully saturated rings. The highest BCUT2D eigenvalue weighted by atomic mass is 15.2. The molecule has 3 heteroatoms. The summed E-state index contributed by atoms with van der Waals surface area (Å²) in [7, 11) is 0. The first kappa shape index (κ1) is 12.0. The van der Waals surface area contributed by atoms with Crippen molar-refractivity contribution < 1.29 is 0 Å². The van der Waals surface area contributed by atoms with Gasteiger partial charge in [0, 0.05) is 25.3 Å². The smallest absolute Gasteiger partial charge is 0.129 e. The van der Waals surface area contributed by atoms with E-state index in [1.165, 1.54) is 0 Å². The maximum atomic E-state index is 5.66. The molecule has 0 aliphatic heterocycles. The first-order valence-electron chi connectivity index (χ1n) is 5.63. The molecule has 15 heavy (non-hydrogen) atoms. The van der Waals surface area contributed by atoms with Gasteiger partial charge in [-0.05, 0) is 38.0 Å². The van der Waals surface area contributed by atoms with E-state index in [4.69, 9.17) is 5.73 Å². The summed E-state index contributed by atoms with van der Waals surface area (Å²) in [5.41, 5.74) is 7.86. The van der Waals surface area contributed by atoms with E-state index >= 15 is 0 Å². The molecule has 1 aromatic rings. The van der Waals surface area contributed by atoms with E-state index in [1.54, 1.807) is 0 Å². The second-order valence-corrected chi connectivity index (χ2v) is 3.76. The Kier molecular flexibility index (Phi) is 4.56. The summed E-state index contributed by atoms with van der Waals surface area (Å²) >= 11 is 0. The molecule has 0 aliphatic rings. The summed E-state index contributed by atoms with van der Waals surface area (Å²) in [4.78, 5) is 6.83. The molecule has 0 bridgehead atoms. The van der Waals surface area contributed by atoms with Crippen LogP contribution in [-0.2, 0) is 6.54 Å². The van der Waals surface area contributed by atoms with E-state index in [-0.39, 0.29) is 0 Å². The molecule has 0 saturated heterocycles. The van der Waals surface area contributed by atoms with Crippen molar-refractivity contribution in [3.63, 3.8) is 0 Å². The zero-order valence-corrected chi connectivity index (χ0v) is 9.95. The lowest BCUT2D eigenvalue weighted by Gasteiger charge is -2.22. The lowest BCUT2D eigenvalue weighted by molar-refractivity contribution is 0.775. The average Bonchev–Trinajstić information content (AvgIpc) is 2.24. The van der Waals surface area contributed by atoms with Gasteiger partial charge in [-0.25, -0.2) is 4.98 Å². The van der Waals surface area contributed by atoms with Gasteiger partial charge in [0.25, 0.3) is 0 Å². The van der Waals surface area contributed by atoms with Crippen LogP contribution in [0.15, 0.2) is 12.1 Å². The van der Waals surface area contributed by atoms with E-state index < -0.39 is 0 Å². The number of nitrogens with zero attached hydrogens (tertiary/aromatic N) is 2. The Balaban J connectivity index is 2.95. The normalized spacial score (nSPS) is 10.4. The van der Waals surface area contributed by atoms with E-state index in [0.717, 1.165) is 36.6 Å². The lowest BCUT2D eigenvalue weighted by Crippen LogP contribution is -2.24. The molecule has 0 aromatic carbocycles. The van der Waals surface area contributed by atoms with Gasteiger partial charge in [-0.3, -0.25) is 0 Å². The summed E-state index contributed by atoms with van der Waals surface area (Å²) in [6, 6.07) is 4.13. The fourth-order valence-corrected chi connectivity index (χ4v) is 1.71. The minimum absolute atomic E-state index is 0.583. The first-order chi connectivity index (χ1) is 7.21. The Hall–Kier alpha value is -1.09. The number of anilines is 1. The second-order valence-electron chi connectivity index (χ2n) is 3.76. The van der Waals surface area contributed by atoms with Crippen LogP contribution in [-0.4, -0.2) is 18.1 Å². The van der Waals surface area contributed by atoms with Crippen molar-refractivity contribution >= 4 is 5.82 Å². The van der Waals surface area contributed by atoms with Crippen LogP contribution in [0.2, 0.25) is 0 Å². The molecule has 0 saturated carbocycles. The SMILES string of the molecule is CCCN(CC)c1cc(CN)cc(C)n1. The molecule has 1 aromatic heterocycles. The predicted molar refractivity (Wildman–Crippen MR) is 65.0 cm³/mol. The fourth-order valence-electron chi connectivity index (χ4n) is 1.71. The lowest BCUT2D eigenvalue weighted by atomic mass is 10.2. The fraction of sp³-hybridized carbons (Fsp3) is 0.583. The van der Waals surface area contributed by atoms with Gasteiger partial charge in [-0.2, -0.15) is 0 Å². The number of pyridine rings is 1. The van der Waals surface area contributed by atoms with Crippen molar-refractivity contribution in [2.45, 2.75) is 33.7 Å². The van der Waals surface area contributed by atoms with Gasteiger partial charge in [0.1, 0.15) is 5.82 Å². The number of aryl methyl sites for hydroxylation is 1. The molecule has 1 rings (SSSR count). The van der Waals surface area contributed by atoms with E-state index in [2.05, 4.69) is 29.8 Å². The maximum Gasteiger partial charge on any atom is 0.129 e. The number of rotatable bonds is 5. The first-order valence-corrected chi connectivity index (χ1v) is 5.63. The van der Waals surface area contributed by atoms with Gasteiger partial charge in [-0.15, -0.1) is 0 Å². The average molecular weight is 207 g/mol. The number of hydrogen-bond donors (Lipinski definition) is 1. The zero-order chi connectivity index (χ0) is 11.3. The van der Waals surface area contributed by atoms with Crippen LogP contribution in [0.5, 0.6) is 0 Å². The summed E-state index contributed by atoms with van der Waals surface area (Å²) in [5.74, 6) is 1.06. The minimum Gasteiger partial charge on any atom is -0.357 e. The van der Waals surface area contributed by atoms with Crippen molar-refractivity contribution in [2.24, 2.45) is 5.73 Å². The molecule has 1 heterocycles. The number of hydrogen-bond acceptors (Lipinski definition) is 3. The van der Waals surface area contributed by atoms with Crippen molar-refractivity contribution in [3.05, 3.63) is 23.4 Å². The van der Waals surface area contributed by atoms with Gasteiger partial charge in [0.15, 0.2) is 0 Å². The van der Waals surface area contributed by atoms with Crippen LogP contribution < -0.4 is 10.6 Å². The predicted octanol–water partition coefficient (Wildman–Crippen LogP) is 2.09. The minimum atomic E-state index is 0.583. The molecule has 0 radical (unpaired) electrons. The van der Waals surface area contributed by atoms with Crippen LogP contribution in [0.4, 0.5) is 5.82 Å². The molecule has 0 atom stereocenters. The summed E-state index contributed by atoms with van der Waals surface area (Å²) in [6.45, 7) is 8.98. The molecule has 84 valence electrons. The van der Waals surface area contributed by atoms with Crippen molar-refractivity contribution in [1.82, 2.24) is 4.98 Å². The molecule has 0 aliphatic carbocycles. The zero-order valence-electron chi connectivity index (χ0n) is 9.95. The highest BCUT2D eigenvalue weighted by molar-refractivity contribution is 5.42. The van der Waals surface area contributed by atoms with Gasteiger partial charge in [0.2, 0.25) is 0 Å². The molecular weight excluding hydrogens is 186 g/mol. The number of nitrogens with two attached hydrogens (primary N) is 1. The Morgan fingerprint density at radius 1 is 1.33 bits per heavy atom. The largest absolute Gasteiger partial charge is 0.357 e. The molecule has 0 amide bonds. The van der Waals surface area contributed by atoms with E-state index in [9.17, 15) is 0 Å². The van der Waals surface area contributed by atoms with Crippen LogP contribution in [0, 0.1) is 6.92 Å². The summed E-state index contributed by atoms with van der Waals surface area (Å²) in [5, 5.41) is 0. The van der Waals surface area contributed by atoms with Gasteiger partial charge < -0.3 is 10.6 Å². The molecule has 3 nitrogen and oxygen atoms in total. The third-order valence-electron chi connectivity index (χ3n) is 2.43. The van der Waals surface area contributed by atoms with E-state index in [1.807, 2.05) is 13.0 Å². The number of aromatic nitrogens is 1. The maximum absolute atomic E-state index is 5.66. The summed E-state index contributed by atoms with van der Waals surface area (Å²) < 4.78 is 0. The third-order valence-corrected chi connectivity index (χ3v) is 2.43. The Morgan fingerprint density at radius 2 is 2.07 bits per heavy atom. The second kappa shape index (κ2) is 5.71. The van der Waals surface area contributed by atoms with Gasteiger partial charge in [0.05, 0.1) is 0 Å². The highest BCUT2D eigenvalue weighted by Crippen LogP contribution is 2.14. The van der Waals surface area contributed by atoms with Crippen LogP contribution >= 0.6 is 0 Å².